The van der Waals surface area contributed by atoms with Crippen molar-refractivity contribution >= 4 is 23.9 Å². The van der Waals surface area contributed by atoms with E-state index in [0.29, 0.717) is 52.6 Å². The molecule has 0 saturated carbocycles. The number of hydrogen-bond donors (Lipinski definition) is 2. The Morgan fingerprint density at radius 2 is 2.00 bits per heavy atom. The van der Waals surface area contributed by atoms with Gasteiger partial charge in [-0.3, -0.25) is 4.79 Å². The van der Waals surface area contributed by atoms with Crippen molar-refractivity contribution in [2.24, 2.45) is 5.92 Å². The van der Waals surface area contributed by atoms with E-state index in [1.807, 2.05) is 4.90 Å². The lowest BCUT2D eigenvalue weighted by Gasteiger charge is -2.29. The third-order valence-electron chi connectivity index (χ3n) is 4.55. The van der Waals surface area contributed by atoms with Crippen molar-refractivity contribution in [3.63, 3.8) is 0 Å². The average Bonchev–Trinajstić information content (AvgIpc) is 2.59. The SMILES string of the molecule is CCC[C@H](C)CCc1c(C#N)c(N2CCNC(=O)C2)[nH]c(=S)c1C#N. The van der Waals surface area contributed by atoms with Gasteiger partial charge < -0.3 is 15.2 Å². The molecule has 1 aromatic rings. The Hall–Kier alpha value is -2.38. The number of amides is 1. The predicted molar refractivity (Wildman–Crippen MR) is 98.7 cm³/mol. The van der Waals surface area contributed by atoms with Crippen LogP contribution in [0.25, 0.3) is 0 Å². The number of H-pyrrole nitrogens is 1. The molecule has 0 aliphatic carbocycles. The summed E-state index contributed by atoms with van der Waals surface area (Å²) in [5.41, 5.74) is 1.52. The summed E-state index contributed by atoms with van der Waals surface area (Å²) in [6.45, 7) is 5.63. The third kappa shape index (κ3) is 4.37. The lowest BCUT2D eigenvalue weighted by atomic mass is 9.93. The van der Waals surface area contributed by atoms with E-state index in [-0.39, 0.29) is 12.5 Å². The van der Waals surface area contributed by atoms with Gasteiger partial charge in [0.2, 0.25) is 5.91 Å². The first-order valence-electron chi connectivity index (χ1n) is 8.62. The fraction of sp³-hybridized carbons (Fsp3) is 0.556. The highest BCUT2D eigenvalue weighted by Crippen LogP contribution is 2.27. The minimum absolute atomic E-state index is 0.0862. The van der Waals surface area contributed by atoms with Crippen LogP contribution in [0.3, 0.4) is 0 Å². The number of rotatable bonds is 6. The summed E-state index contributed by atoms with van der Waals surface area (Å²) in [5.74, 6) is 0.987. The maximum absolute atomic E-state index is 11.7. The fourth-order valence-electron chi connectivity index (χ4n) is 3.22. The van der Waals surface area contributed by atoms with Crippen LogP contribution >= 0.6 is 12.2 Å². The number of nitriles is 2. The van der Waals surface area contributed by atoms with Crippen LogP contribution in [-0.2, 0) is 11.2 Å². The molecule has 0 aromatic carbocycles. The van der Waals surface area contributed by atoms with Crippen LogP contribution in [0, 0.1) is 33.2 Å². The van der Waals surface area contributed by atoms with Gasteiger partial charge in [0, 0.05) is 13.1 Å². The summed E-state index contributed by atoms with van der Waals surface area (Å²) in [7, 11) is 0. The number of aromatic nitrogens is 1. The molecule has 0 unspecified atom stereocenters. The molecule has 1 aromatic heterocycles. The fourth-order valence-corrected chi connectivity index (χ4v) is 3.49. The highest BCUT2D eigenvalue weighted by atomic mass is 32.1. The van der Waals surface area contributed by atoms with Gasteiger partial charge in [0.1, 0.15) is 22.6 Å². The molecule has 1 aliphatic rings. The summed E-state index contributed by atoms with van der Waals surface area (Å²) >= 11 is 5.35. The standard InChI is InChI=1S/C18H23N5OS/c1-3-4-12(2)5-6-13-14(9-19)17(22-18(25)15(13)10-20)23-8-7-21-16(24)11-23/h12H,3-8,11H2,1-2H3,(H,21,24)(H,22,25)/t12-/m0/s1. The van der Waals surface area contributed by atoms with E-state index in [4.69, 9.17) is 12.2 Å². The van der Waals surface area contributed by atoms with Gasteiger partial charge in [0.05, 0.1) is 17.7 Å². The van der Waals surface area contributed by atoms with Crippen molar-refractivity contribution in [1.29, 1.82) is 10.5 Å². The number of anilines is 1. The molecule has 6 nitrogen and oxygen atoms in total. The van der Waals surface area contributed by atoms with Crippen molar-refractivity contribution in [3.8, 4) is 12.1 Å². The van der Waals surface area contributed by atoms with Gasteiger partial charge in [-0.2, -0.15) is 10.5 Å². The summed E-state index contributed by atoms with van der Waals surface area (Å²) in [6, 6.07) is 4.38. The zero-order valence-corrected chi connectivity index (χ0v) is 15.5. The van der Waals surface area contributed by atoms with Gasteiger partial charge in [0.15, 0.2) is 0 Å². The largest absolute Gasteiger partial charge is 0.353 e. The molecule has 25 heavy (non-hydrogen) atoms. The summed E-state index contributed by atoms with van der Waals surface area (Å²) in [5, 5.41) is 22.0. The number of carbonyl (C=O) groups is 1. The predicted octanol–water partition coefficient (Wildman–Crippen LogP) is 2.79. The lowest BCUT2D eigenvalue weighted by molar-refractivity contribution is -0.120. The van der Waals surface area contributed by atoms with E-state index in [9.17, 15) is 15.3 Å². The highest BCUT2D eigenvalue weighted by Gasteiger charge is 2.24. The number of nitrogens with zero attached hydrogens (tertiary/aromatic N) is 3. The Morgan fingerprint density at radius 1 is 1.28 bits per heavy atom. The minimum atomic E-state index is -0.0862. The molecule has 1 saturated heterocycles. The van der Waals surface area contributed by atoms with Crippen molar-refractivity contribution in [3.05, 3.63) is 21.3 Å². The Morgan fingerprint density at radius 3 is 2.60 bits per heavy atom. The number of nitrogens with one attached hydrogen (secondary N) is 2. The highest BCUT2D eigenvalue weighted by molar-refractivity contribution is 7.71. The summed E-state index contributed by atoms with van der Waals surface area (Å²) in [4.78, 5) is 16.5. The molecule has 2 heterocycles. The van der Waals surface area contributed by atoms with E-state index in [1.54, 1.807) is 0 Å². The molecule has 7 heteroatoms. The summed E-state index contributed by atoms with van der Waals surface area (Å²) in [6.07, 6.45) is 3.76. The maximum atomic E-state index is 11.7. The quantitative estimate of drug-likeness (QED) is 0.763. The van der Waals surface area contributed by atoms with Crippen LogP contribution in [0.5, 0.6) is 0 Å². The number of piperazine rings is 1. The lowest BCUT2D eigenvalue weighted by Crippen LogP contribution is -2.48. The molecule has 0 bridgehead atoms. The Balaban J connectivity index is 2.45. The summed E-state index contributed by atoms with van der Waals surface area (Å²) < 4.78 is 0.334. The molecule has 0 radical (unpaired) electrons. The van der Waals surface area contributed by atoms with Crippen LogP contribution in [0.2, 0.25) is 0 Å². The van der Waals surface area contributed by atoms with Gasteiger partial charge in [-0.05, 0) is 24.3 Å². The molecule has 1 amide bonds. The van der Waals surface area contributed by atoms with E-state index in [1.165, 1.54) is 0 Å². The second-order valence-electron chi connectivity index (χ2n) is 6.46. The number of pyridine rings is 1. The molecular formula is C18H23N5OS. The first-order chi connectivity index (χ1) is 12.0. The molecule has 1 atom stereocenters. The van der Waals surface area contributed by atoms with Crippen LogP contribution in [-0.4, -0.2) is 30.5 Å². The van der Waals surface area contributed by atoms with Crippen molar-refractivity contribution in [2.45, 2.75) is 39.5 Å². The van der Waals surface area contributed by atoms with E-state index < -0.39 is 0 Å². The molecule has 2 rings (SSSR count). The molecule has 1 fully saturated rings. The first-order valence-corrected chi connectivity index (χ1v) is 9.03. The van der Waals surface area contributed by atoms with Crippen LogP contribution in [0.15, 0.2) is 0 Å². The average molecular weight is 357 g/mol. The van der Waals surface area contributed by atoms with Gasteiger partial charge in [-0.15, -0.1) is 0 Å². The maximum Gasteiger partial charge on any atom is 0.239 e. The van der Waals surface area contributed by atoms with Crippen LogP contribution in [0.1, 0.15) is 49.8 Å². The van der Waals surface area contributed by atoms with Crippen LogP contribution < -0.4 is 10.2 Å². The van der Waals surface area contributed by atoms with E-state index in [0.717, 1.165) is 19.3 Å². The van der Waals surface area contributed by atoms with Crippen molar-refractivity contribution < 1.29 is 4.79 Å². The molecular weight excluding hydrogens is 334 g/mol. The van der Waals surface area contributed by atoms with Crippen LogP contribution in [0.4, 0.5) is 5.82 Å². The second-order valence-corrected chi connectivity index (χ2v) is 6.87. The van der Waals surface area contributed by atoms with Crippen molar-refractivity contribution in [1.82, 2.24) is 10.3 Å². The first kappa shape index (κ1) is 19.0. The zero-order valence-electron chi connectivity index (χ0n) is 14.7. The molecule has 2 N–H and O–H groups in total. The van der Waals surface area contributed by atoms with Gasteiger partial charge in [-0.25, -0.2) is 0 Å². The molecule has 132 valence electrons. The van der Waals surface area contributed by atoms with E-state index in [2.05, 4.69) is 36.3 Å². The Kier molecular flexibility index (Phi) is 6.55. The Bertz CT molecular complexity index is 786. The minimum Gasteiger partial charge on any atom is -0.353 e. The molecule has 0 spiro atoms. The Labute approximate surface area is 153 Å². The zero-order chi connectivity index (χ0) is 18.4. The van der Waals surface area contributed by atoms with E-state index >= 15 is 0 Å². The van der Waals surface area contributed by atoms with Gasteiger partial charge in [-0.1, -0.05) is 38.9 Å². The van der Waals surface area contributed by atoms with Gasteiger partial charge in [0.25, 0.3) is 0 Å². The molecule has 1 aliphatic heterocycles. The third-order valence-corrected chi connectivity index (χ3v) is 4.85. The smallest absolute Gasteiger partial charge is 0.239 e. The van der Waals surface area contributed by atoms with Crippen molar-refractivity contribution in [2.75, 3.05) is 24.5 Å². The van der Waals surface area contributed by atoms with Gasteiger partial charge >= 0.3 is 0 Å². The number of carbonyl (C=O) groups excluding carboxylic acids is 1. The second kappa shape index (κ2) is 8.64. The normalized spacial score (nSPS) is 15.2. The topological polar surface area (TPSA) is 95.7 Å². The monoisotopic (exact) mass is 357 g/mol. The number of hydrogen-bond acceptors (Lipinski definition) is 5. The number of aromatic amines is 1.